The number of fused-ring (bicyclic) bond motifs is 2. The van der Waals surface area contributed by atoms with Crippen molar-refractivity contribution < 1.29 is 47.2 Å². The lowest BCUT2D eigenvalue weighted by atomic mass is 10.2. The van der Waals surface area contributed by atoms with Gasteiger partial charge in [0.15, 0.2) is 34.5 Å². The van der Waals surface area contributed by atoms with E-state index in [1.807, 2.05) is 60.7 Å². The number of nitrogens with one attached hydrogen (secondary N) is 2. The number of hydrogen-bond donors (Lipinski definition) is 3. The van der Waals surface area contributed by atoms with Gasteiger partial charge in [-0.3, -0.25) is 19.4 Å². The van der Waals surface area contributed by atoms with Gasteiger partial charge in [-0.1, -0.05) is 30.3 Å². The molecule has 2 fully saturated rings. The van der Waals surface area contributed by atoms with Crippen LogP contribution in [0, 0.1) is 0 Å². The molecular weight excluding hydrogens is 809 g/mol. The zero-order chi connectivity index (χ0) is 43.5. The molecule has 0 spiro atoms. The summed E-state index contributed by atoms with van der Waals surface area (Å²) < 4.78 is 40.7. The molecule has 2 saturated heterocycles. The van der Waals surface area contributed by atoms with Crippen molar-refractivity contribution in [1.82, 2.24) is 30.2 Å². The number of rotatable bonds is 13. The molecule has 63 heavy (non-hydrogen) atoms. The SMILES string of the molecule is CN1CCN(Cc2ccc(C(=O)NC[C@@H]3COc4ccc(O)cc4O3)o2)CC1.CN1CCN(Cc2ccc(C(=O)NC[C@@H]3COc4ccc(OCc5ccccc5)cc4O3)o2)CC1. The minimum Gasteiger partial charge on any atom is -0.508 e. The molecule has 16 nitrogen and oxygen atoms in total. The van der Waals surface area contributed by atoms with E-state index in [4.69, 9.17) is 32.5 Å². The van der Waals surface area contributed by atoms with Crippen LogP contribution >= 0.6 is 0 Å². The molecule has 2 aromatic heterocycles. The fourth-order valence-electron chi connectivity index (χ4n) is 7.44. The van der Waals surface area contributed by atoms with Gasteiger partial charge in [0.1, 0.15) is 55.0 Å². The Bertz CT molecular complexity index is 2270. The highest BCUT2D eigenvalue weighted by Gasteiger charge is 2.25. The maximum atomic E-state index is 12.6. The topological polar surface area (TPSA) is 164 Å². The largest absolute Gasteiger partial charge is 0.508 e. The zero-order valence-corrected chi connectivity index (χ0v) is 35.8. The molecule has 0 bridgehead atoms. The first kappa shape index (κ1) is 43.4. The quantitative estimate of drug-likeness (QED) is 0.152. The van der Waals surface area contributed by atoms with Crippen LogP contribution in [0.2, 0.25) is 0 Å². The number of benzene rings is 3. The molecule has 6 heterocycles. The molecule has 2 atom stereocenters. The average molecular weight is 865 g/mol. The molecule has 0 radical (unpaired) electrons. The monoisotopic (exact) mass is 864 g/mol. The van der Waals surface area contributed by atoms with Crippen molar-refractivity contribution in [1.29, 1.82) is 0 Å². The second-order valence-corrected chi connectivity index (χ2v) is 16.2. The third-order valence-electron chi connectivity index (χ3n) is 11.2. The van der Waals surface area contributed by atoms with Gasteiger partial charge in [0, 0.05) is 64.5 Å². The highest BCUT2D eigenvalue weighted by Crippen LogP contribution is 2.36. The molecular formula is C47H56N6O10. The minimum atomic E-state index is -0.335. The summed E-state index contributed by atoms with van der Waals surface area (Å²) in [5.74, 6) is 4.77. The number of carbonyl (C=O) groups excluding carboxylic acids is 2. The summed E-state index contributed by atoms with van der Waals surface area (Å²) in [6, 6.07) is 27.4. The molecule has 3 aromatic carbocycles. The number of hydrogen-bond acceptors (Lipinski definition) is 14. The molecule has 9 rings (SSSR count). The van der Waals surface area contributed by atoms with Gasteiger partial charge >= 0.3 is 0 Å². The number of amides is 2. The van der Waals surface area contributed by atoms with Crippen LogP contribution < -0.4 is 34.3 Å². The number of phenolic OH excluding ortho intramolecular Hbond substituents is 1. The van der Waals surface area contributed by atoms with Crippen molar-refractivity contribution in [2.45, 2.75) is 31.9 Å². The molecule has 16 heteroatoms. The summed E-state index contributed by atoms with van der Waals surface area (Å²) in [6.07, 6.45) is -0.645. The molecule has 2 amide bonds. The number of carbonyl (C=O) groups is 2. The van der Waals surface area contributed by atoms with Gasteiger partial charge in [-0.15, -0.1) is 0 Å². The lowest BCUT2D eigenvalue weighted by molar-refractivity contribution is 0.0765. The first-order valence-electron chi connectivity index (χ1n) is 21.5. The van der Waals surface area contributed by atoms with Crippen molar-refractivity contribution in [3.05, 3.63) is 120 Å². The van der Waals surface area contributed by atoms with E-state index in [2.05, 4.69) is 44.3 Å². The highest BCUT2D eigenvalue weighted by molar-refractivity contribution is 5.92. The maximum Gasteiger partial charge on any atom is 0.287 e. The summed E-state index contributed by atoms with van der Waals surface area (Å²) in [5, 5.41) is 15.3. The van der Waals surface area contributed by atoms with Crippen LogP contribution in [0.4, 0.5) is 0 Å². The molecule has 5 aromatic rings. The van der Waals surface area contributed by atoms with Gasteiger partial charge in [0.05, 0.1) is 26.2 Å². The van der Waals surface area contributed by atoms with Crippen molar-refractivity contribution in [3.8, 4) is 34.5 Å². The van der Waals surface area contributed by atoms with Gasteiger partial charge in [0.25, 0.3) is 11.8 Å². The summed E-state index contributed by atoms with van der Waals surface area (Å²) in [5.41, 5.74) is 1.09. The van der Waals surface area contributed by atoms with E-state index in [9.17, 15) is 14.7 Å². The lowest BCUT2D eigenvalue weighted by Crippen LogP contribution is -2.43. The average Bonchev–Trinajstić information content (AvgIpc) is 3.99. The highest BCUT2D eigenvalue weighted by atomic mass is 16.6. The Morgan fingerprint density at radius 2 is 1.13 bits per heavy atom. The van der Waals surface area contributed by atoms with Crippen LogP contribution in [0.3, 0.4) is 0 Å². The second-order valence-electron chi connectivity index (χ2n) is 16.2. The van der Waals surface area contributed by atoms with Gasteiger partial charge in [-0.05, 0) is 68.2 Å². The molecule has 0 aliphatic carbocycles. The molecule has 0 unspecified atom stereocenters. The van der Waals surface area contributed by atoms with Gasteiger partial charge < -0.3 is 58.1 Å². The van der Waals surface area contributed by atoms with Crippen LogP contribution in [-0.2, 0) is 19.7 Å². The second kappa shape index (κ2) is 20.8. The van der Waals surface area contributed by atoms with Crippen molar-refractivity contribution in [2.24, 2.45) is 0 Å². The third-order valence-corrected chi connectivity index (χ3v) is 11.2. The van der Waals surface area contributed by atoms with Crippen molar-refractivity contribution in [2.75, 3.05) is 92.8 Å². The van der Waals surface area contributed by atoms with Crippen LogP contribution in [0.15, 0.2) is 99.8 Å². The Balaban J connectivity index is 0.000000177. The normalized spacial score (nSPS) is 19.1. The van der Waals surface area contributed by atoms with Crippen LogP contribution in [-0.4, -0.2) is 141 Å². The molecule has 3 N–H and O–H groups in total. The molecule has 4 aliphatic rings. The minimum absolute atomic E-state index is 0.107. The predicted octanol–water partition coefficient (Wildman–Crippen LogP) is 4.48. The van der Waals surface area contributed by atoms with E-state index in [1.165, 1.54) is 6.07 Å². The van der Waals surface area contributed by atoms with Crippen LogP contribution in [0.25, 0.3) is 0 Å². The van der Waals surface area contributed by atoms with E-state index in [0.29, 0.717) is 79.7 Å². The van der Waals surface area contributed by atoms with E-state index in [-0.39, 0.29) is 36.3 Å². The number of furan rings is 2. The van der Waals surface area contributed by atoms with Gasteiger partial charge in [0.2, 0.25) is 0 Å². The third kappa shape index (κ3) is 12.3. The van der Waals surface area contributed by atoms with Crippen molar-refractivity contribution >= 4 is 11.8 Å². The summed E-state index contributed by atoms with van der Waals surface area (Å²) in [6.45, 7) is 11.3. The molecule has 0 saturated carbocycles. The first-order valence-corrected chi connectivity index (χ1v) is 21.5. The van der Waals surface area contributed by atoms with E-state index in [1.54, 1.807) is 24.3 Å². The Morgan fingerprint density at radius 3 is 1.67 bits per heavy atom. The molecule has 4 aliphatic heterocycles. The summed E-state index contributed by atoms with van der Waals surface area (Å²) >= 11 is 0. The number of ether oxygens (including phenoxy) is 5. The Kier molecular flexibility index (Phi) is 14.3. The fourth-order valence-corrected chi connectivity index (χ4v) is 7.44. The van der Waals surface area contributed by atoms with Crippen LogP contribution in [0.1, 0.15) is 38.2 Å². The lowest BCUT2D eigenvalue weighted by Gasteiger charge is -2.31. The zero-order valence-electron chi connectivity index (χ0n) is 35.8. The van der Waals surface area contributed by atoms with Crippen LogP contribution in [0.5, 0.6) is 34.5 Å². The smallest absolute Gasteiger partial charge is 0.287 e. The number of aromatic hydroxyl groups is 1. The maximum absolute atomic E-state index is 12.6. The standard InChI is InChI=1S/C27H31N3O5.C20H25N3O5/c1-29-11-13-30(14-12-29)17-22-8-10-25(34-22)27(31)28-16-23-19-33-24-9-7-21(15-26(24)35-23)32-18-20-5-3-2-4-6-20;1-22-6-8-23(9-7-22)12-15-3-5-18(27-15)20(25)21-11-16-13-26-17-4-2-14(24)10-19(17)28-16/h2-10,15,23H,11-14,16-19H2,1H3,(H,28,31);2-5,10,16,24H,6-9,11-13H2,1H3,(H,21,25)/t23-;16-/m11/s1. The number of phenols is 1. The Labute approximate surface area is 367 Å². The Hall–Kier alpha value is -6.20. The Morgan fingerprint density at radius 1 is 0.619 bits per heavy atom. The number of likely N-dealkylation sites (N-methyl/N-ethyl adjacent to an activating group) is 2. The molecule has 334 valence electrons. The number of piperazine rings is 2. The van der Waals surface area contributed by atoms with E-state index >= 15 is 0 Å². The van der Waals surface area contributed by atoms with E-state index < -0.39 is 0 Å². The van der Waals surface area contributed by atoms with Crippen molar-refractivity contribution in [3.63, 3.8) is 0 Å². The summed E-state index contributed by atoms with van der Waals surface area (Å²) in [4.78, 5) is 34.3. The van der Waals surface area contributed by atoms with E-state index in [0.717, 1.165) is 69.4 Å². The number of nitrogens with zero attached hydrogens (tertiary/aromatic N) is 4. The predicted molar refractivity (Wildman–Crippen MR) is 233 cm³/mol. The fraction of sp³-hybridized carbons (Fsp3) is 0.404. The van der Waals surface area contributed by atoms with Gasteiger partial charge in [-0.2, -0.15) is 0 Å². The summed E-state index contributed by atoms with van der Waals surface area (Å²) in [7, 11) is 4.25. The first-order chi connectivity index (χ1) is 30.7. The van der Waals surface area contributed by atoms with Gasteiger partial charge in [-0.25, -0.2) is 0 Å².